The number of para-hydroxylation sites is 1. The highest BCUT2D eigenvalue weighted by Crippen LogP contribution is 2.25. The van der Waals surface area contributed by atoms with Crippen molar-refractivity contribution in [3.05, 3.63) is 35.6 Å². The van der Waals surface area contributed by atoms with E-state index in [1.807, 2.05) is 38.1 Å². The average molecular weight is 286 g/mol. The van der Waals surface area contributed by atoms with Gasteiger partial charge in [0.2, 0.25) is 5.95 Å². The molecule has 3 aromatic rings. The third-order valence-corrected chi connectivity index (χ3v) is 3.02. The van der Waals surface area contributed by atoms with Gasteiger partial charge in [0.1, 0.15) is 5.58 Å². The molecule has 0 saturated heterocycles. The summed E-state index contributed by atoms with van der Waals surface area (Å²) in [6.07, 6.45) is 0. The molecule has 1 amide bonds. The zero-order valence-corrected chi connectivity index (χ0v) is 11.6. The molecule has 0 aliphatic heterocycles. The molecule has 2 aromatic heterocycles. The van der Waals surface area contributed by atoms with Gasteiger partial charge in [0.15, 0.2) is 5.76 Å². The average Bonchev–Trinajstić information content (AvgIpc) is 3.05. The lowest BCUT2D eigenvalue weighted by atomic mass is 10.1. The van der Waals surface area contributed by atoms with Gasteiger partial charge in [-0.15, -0.1) is 5.10 Å². The Kier molecular flexibility index (Phi) is 3.31. The number of furan rings is 1. The number of rotatable bonds is 4. The Labute approximate surface area is 120 Å². The van der Waals surface area contributed by atoms with Crippen molar-refractivity contribution in [1.82, 2.24) is 15.2 Å². The van der Waals surface area contributed by atoms with Gasteiger partial charge in [0, 0.05) is 10.9 Å². The molecule has 108 valence electrons. The molecule has 0 bridgehead atoms. The van der Waals surface area contributed by atoms with E-state index in [0.717, 1.165) is 10.9 Å². The van der Waals surface area contributed by atoms with E-state index in [9.17, 15) is 4.79 Å². The molecule has 0 aliphatic carbocycles. The van der Waals surface area contributed by atoms with E-state index in [0.29, 0.717) is 12.2 Å². The quantitative estimate of drug-likeness (QED) is 0.768. The maximum Gasteiger partial charge on any atom is 0.337 e. The summed E-state index contributed by atoms with van der Waals surface area (Å²) in [6, 6.07) is 7.68. The Morgan fingerprint density at radius 2 is 2.24 bits per heavy atom. The predicted molar refractivity (Wildman–Crippen MR) is 76.5 cm³/mol. The maximum absolute atomic E-state index is 12.2. The van der Waals surface area contributed by atoms with Crippen molar-refractivity contribution in [2.45, 2.75) is 13.8 Å². The number of nitrogens with zero attached hydrogens (tertiary/aromatic N) is 2. The van der Waals surface area contributed by atoms with E-state index in [1.165, 1.54) is 0 Å². The van der Waals surface area contributed by atoms with Crippen molar-refractivity contribution in [1.29, 1.82) is 0 Å². The van der Waals surface area contributed by atoms with Crippen LogP contribution in [0.15, 0.2) is 28.7 Å². The number of hydrogen-bond acceptors (Lipinski definition) is 5. The highest BCUT2D eigenvalue weighted by Gasteiger charge is 2.18. The molecule has 1 aromatic carbocycles. The Morgan fingerprint density at radius 1 is 1.43 bits per heavy atom. The molecule has 2 N–H and O–H groups in total. The lowest BCUT2D eigenvalue weighted by Crippen LogP contribution is -2.13. The summed E-state index contributed by atoms with van der Waals surface area (Å²) in [5.41, 5.74) is 1.46. The van der Waals surface area contributed by atoms with Crippen molar-refractivity contribution >= 4 is 22.8 Å². The van der Waals surface area contributed by atoms with E-state index < -0.39 is 0 Å². The number of carbonyl (C=O) groups is 1. The summed E-state index contributed by atoms with van der Waals surface area (Å²) >= 11 is 0. The topological polar surface area (TPSA) is 93.0 Å². The Bertz CT molecular complexity index is 790. The number of carbonyl (C=O) groups excluding carboxylic acids is 1. The summed E-state index contributed by atoms with van der Waals surface area (Å²) in [5, 5.41) is 9.91. The molecule has 0 atom stereocenters. The summed E-state index contributed by atoms with van der Waals surface area (Å²) in [7, 11) is 0. The fraction of sp³-hybridized carbons (Fsp3) is 0.214. The minimum absolute atomic E-state index is 0.189. The van der Waals surface area contributed by atoms with Crippen LogP contribution >= 0.6 is 0 Å². The molecule has 0 aliphatic rings. The number of hydrogen-bond donors (Lipinski definition) is 2. The van der Waals surface area contributed by atoms with E-state index in [2.05, 4.69) is 20.5 Å². The van der Waals surface area contributed by atoms with Gasteiger partial charge < -0.3 is 9.15 Å². The summed E-state index contributed by atoms with van der Waals surface area (Å²) in [6.45, 7) is 4.12. The molecule has 0 fully saturated rings. The molecule has 7 heteroatoms. The fourth-order valence-electron chi connectivity index (χ4n) is 2.05. The molecular formula is C14H14N4O3. The van der Waals surface area contributed by atoms with Crippen LogP contribution in [-0.4, -0.2) is 27.7 Å². The number of amides is 1. The Balaban J connectivity index is 1.84. The van der Waals surface area contributed by atoms with Crippen molar-refractivity contribution in [2.75, 3.05) is 11.9 Å². The number of ether oxygens (including phenoxy) is 1. The van der Waals surface area contributed by atoms with Crippen LogP contribution in [0, 0.1) is 6.92 Å². The van der Waals surface area contributed by atoms with Crippen molar-refractivity contribution in [3.63, 3.8) is 0 Å². The van der Waals surface area contributed by atoms with Crippen molar-refractivity contribution in [3.8, 4) is 6.01 Å². The maximum atomic E-state index is 12.2. The smallest absolute Gasteiger partial charge is 0.337 e. The van der Waals surface area contributed by atoms with Gasteiger partial charge in [-0.05, 0) is 19.9 Å². The van der Waals surface area contributed by atoms with Crippen LogP contribution in [0.3, 0.4) is 0 Å². The number of aromatic amines is 1. The first-order chi connectivity index (χ1) is 10.2. The second-order valence-electron chi connectivity index (χ2n) is 4.41. The molecular weight excluding hydrogens is 272 g/mol. The molecule has 3 rings (SSSR count). The first-order valence-electron chi connectivity index (χ1n) is 6.53. The standard InChI is InChI=1S/C14H14N4O3/c1-3-20-14-16-13(17-18-14)15-12(19)11-8(2)9-6-4-5-7-10(9)21-11/h4-7H,3H2,1-2H3,(H2,15,16,17,18,19). The summed E-state index contributed by atoms with van der Waals surface area (Å²) in [4.78, 5) is 16.2. The van der Waals surface area contributed by atoms with E-state index in [4.69, 9.17) is 9.15 Å². The van der Waals surface area contributed by atoms with Gasteiger partial charge in [0.25, 0.3) is 5.91 Å². The van der Waals surface area contributed by atoms with Crippen LogP contribution < -0.4 is 10.1 Å². The van der Waals surface area contributed by atoms with Crippen LogP contribution in [0.2, 0.25) is 0 Å². The van der Waals surface area contributed by atoms with Gasteiger partial charge in [-0.2, -0.15) is 4.98 Å². The third-order valence-electron chi connectivity index (χ3n) is 3.02. The minimum atomic E-state index is -0.386. The van der Waals surface area contributed by atoms with Gasteiger partial charge in [0.05, 0.1) is 6.61 Å². The summed E-state index contributed by atoms with van der Waals surface area (Å²) < 4.78 is 10.7. The zero-order valence-electron chi connectivity index (χ0n) is 11.6. The van der Waals surface area contributed by atoms with Crippen molar-refractivity contribution < 1.29 is 13.9 Å². The number of aryl methyl sites for hydroxylation is 1. The van der Waals surface area contributed by atoms with Crippen LogP contribution in [0.5, 0.6) is 6.01 Å². The zero-order chi connectivity index (χ0) is 14.8. The Hall–Kier alpha value is -2.83. The molecule has 0 spiro atoms. The first-order valence-corrected chi connectivity index (χ1v) is 6.53. The van der Waals surface area contributed by atoms with Crippen LogP contribution in [0.4, 0.5) is 5.95 Å². The monoisotopic (exact) mass is 286 g/mol. The minimum Gasteiger partial charge on any atom is -0.463 e. The Morgan fingerprint density at radius 3 is 3.00 bits per heavy atom. The molecule has 0 radical (unpaired) electrons. The van der Waals surface area contributed by atoms with Gasteiger partial charge in [-0.25, -0.2) is 5.10 Å². The lowest BCUT2D eigenvalue weighted by molar-refractivity contribution is 0.0997. The van der Waals surface area contributed by atoms with Gasteiger partial charge in [-0.3, -0.25) is 10.1 Å². The molecule has 0 saturated carbocycles. The lowest BCUT2D eigenvalue weighted by Gasteiger charge is -1.98. The molecule has 2 heterocycles. The number of aromatic nitrogens is 3. The normalized spacial score (nSPS) is 10.8. The number of nitrogens with one attached hydrogen (secondary N) is 2. The SMILES string of the molecule is CCOc1n[nH]c(NC(=O)c2oc3ccccc3c2C)n1. The number of fused-ring (bicyclic) bond motifs is 1. The number of anilines is 1. The van der Waals surface area contributed by atoms with Crippen LogP contribution in [-0.2, 0) is 0 Å². The molecule has 21 heavy (non-hydrogen) atoms. The molecule has 7 nitrogen and oxygen atoms in total. The first kappa shape index (κ1) is 13.2. The highest BCUT2D eigenvalue weighted by atomic mass is 16.5. The second-order valence-corrected chi connectivity index (χ2v) is 4.41. The molecule has 0 unspecified atom stereocenters. The third kappa shape index (κ3) is 2.45. The second kappa shape index (κ2) is 5.28. The fourth-order valence-corrected chi connectivity index (χ4v) is 2.05. The van der Waals surface area contributed by atoms with Gasteiger partial charge in [-0.1, -0.05) is 18.2 Å². The predicted octanol–water partition coefficient (Wildman–Crippen LogP) is 2.51. The van der Waals surface area contributed by atoms with Crippen LogP contribution in [0.25, 0.3) is 11.0 Å². The van der Waals surface area contributed by atoms with E-state index in [-0.39, 0.29) is 23.6 Å². The highest BCUT2D eigenvalue weighted by molar-refractivity contribution is 6.05. The van der Waals surface area contributed by atoms with Gasteiger partial charge >= 0.3 is 6.01 Å². The number of benzene rings is 1. The van der Waals surface area contributed by atoms with E-state index in [1.54, 1.807) is 0 Å². The number of H-pyrrole nitrogens is 1. The summed E-state index contributed by atoms with van der Waals surface area (Å²) in [5.74, 6) is 0.0803. The van der Waals surface area contributed by atoms with E-state index >= 15 is 0 Å². The van der Waals surface area contributed by atoms with Crippen LogP contribution in [0.1, 0.15) is 23.0 Å². The largest absolute Gasteiger partial charge is 0.463 e. The van der Waals surface area contributed by atoms with Crippen molar-refractivity contribution in [2.24, 2.45) is 0 Å².